The molecule has 0 bridgehead atoms. The Hall–Kier alpha value is 0.460. The molecule has 0 aliphatic carbocycles. The molecule has 0 unspecified atom stereocenters. The maximum Gasteiger partial charge on any atom is 0.0431 e. The number of hydrogen-bond donors (Lipinski definition) is 2. The van der Waals surface area contributed by atoms with E-state index in [1.807, 2.05) is 0 Å². The number of nitrogens with one attached hydrogen (secondary N) is 1. The van der Waals surface area contributed by atoms with E-state index in [4.69, 9.17) is 5.11 Å². The Bertz CT molecular complexity index is 122. The molecule has 15 heavy (non-hydrogen) atoms. The normalized spacial score (nSPS) is 16.6. The molecule has 0 aromatic rings. The van der Waals surface area contributed by atoms with Gasteiger partial charge in [-0.2, -0.15) is 0 Å². The topological polar surface area (TPSA) is 35.5 Å². The first-order valence-corrected chi connectivity index (χ1v) is 5.47. The highest BCUT2D eigenvalue weighted by Gasteiger charge is 2.07. The van der Waals surface area contributed by atoms with Crippen LogP contribution in [0, 0.1) is 0 Å². The fraction of sp³-hybridized carbons (Fsp3) is 1.00. The maximum absolute atomic E-state index is 8.60. The molecular weight excluding hydrogens is 235 g/mol. The second-order valence-electron chi connectivity index (χ2n) is 3.73. The molecule has 5 heteroatoms. The van der Waals surface area contributed by atoms with Gasteiger partial charge in [0, 0.05) is 32.8 Å². The first kappa shape index (κ1) is 17.8. The molecule has 0 aromatic heterocycles. The van der Waals surface area contributed by atoms with E-state index >= 15 is 0 Å². The Morgan fingerprint density at radius 2 is 1.53 bits per heavy atom. The molecule has 0 amide bonds. The van der Waals surface area contributed by atoms with Gasteiger partial charge in [0.1, 0.15) is 0 Å². The number of aliphatic hydroxyl groups excluding tert-OH is 1. The SMILES string of the molecule is Cl.Cl.OCCCCCCN1CCNCC1. The lowest BCUT2D eigenvalue weighted by Crippen LogP contribution is -2.43. The second-order valence-corrected chi connectivity index (χ2v) is 3.73. The third-order valence-electron chi connectivity index (χ3n) is 2.59. The summed E-state index contributed by atoms with van der Waals surface area (Å²) in [6, 6.07) is 0. The number of nitrogens with zero attached hydrogens (tertiary/aromatic N) is 1. The molecular formula is C10H24Cl2N2O. The van der Waals surface area contributed by atoms with Gasteiger partial charge in [0.25, 0.3) is 0 Å². The van der Waals surface area contributed by atoms with E-state index in [2.05, 4.69) is 10.2 Å². The number of halogens is 2. The van der Waals surface area contributed by atoms with Crippen molar-refractivity contribution in [2.45, 2.75) is 25.7 Å². The minimum Gasteiger partial charge on any atom is -0.396 e. The Balaban J connectivity index is 0. The Morgan fingerprint density at radius 1 is 0.933 bits per heavy atom. The predicted octanol–water partition coefficient (Wildman–Crippen LogP) is 1.29. The zero-order valence-electron chi connectivity index (χ0n) is 9.28. The van der Waals surface area contributed by atoms with Crippen LogP contribution in [0.1, 0.15) is 25.7 Å². The van der Waals surface area contributed by atoms with Crippen LogP contribution in [0.25, 0.3) is 0 Å². The van der Waals surface area contributed by atoms with Crippen molar-refractivity contribution in [2.75, 3.05) is 39.3 Å². The molecule has 1 aliphatic heterocycles. The molecule has 0 atom stereocenters. The third-order valence-corrected chi connectivity index (χ3v) is 2.59. The molecule has 1 fully saturated rings. The van der Waals surface area contributed by atoms with E-state index in [0.717, 1.165) is 19.5 Å². The van der Waals surface area contributed by atoms with Gasteiger partial charge in [-0.25, -0.2) is 0 Å². The lowest BCUT2D eigenvalue weighted by Gasteiger charge is -2.26. The molecule has 0 aromatic carbocycles. The first-order chi connectivity index (χ1) is 6.43. The van der Waals surface area contributed by atoms with Crippen molar-refractivity contribution in [3.05, 3.63) is 0 Å². The highest BCUT2D eigenvalue weighted by Crippen LogP contribution is 2.02. The average molecular weight is 259 g/mol. The van der Waals surface area contributed by atoms with E-state index in [1.165, 1.54) is 38.9 Å². The van der Waals surface area contributed by atoms with Gasteiger partial charge in [-0.15, -0.1) is 24.8 Å². The molecule has 94 valence electrons. The van der Waals surface area contributed by atoms with Gasteiger partial charge in [0.15, 0.2) is 0 Å². The Morgan fingerprint density at radius 3 is 2.13 bits per heavy atom. The van der Waals surface area contributed by atoms with Gasteiger partial charge in [0.05, 0.1) is 0 Å². The van der Waals surface area contributed by atoms with Crippen LogP contribution in [0.5, 0.6) is 0 Å². The molecule has 0 radical (unpaired) electrons. The van der Waals surface area contributed by atoms with Crippen LogP contribution in [0.3, 0.4) is 0 Å². The summed E-state index contributed by atoms with van der Waals surface area (Å²) >= 11 is 0. The second kappa shape index (κ2) is 12.5. The van der Waals surface area contributed by atoms with Crippen LogP contribution in [-0.4, -0.2) is 49.3 Å². The van der Waals surface area contributed by atoms with Crippen LogP contribution in [-0.2, 0) is 0 Å². The summed E-state index contributed by atoms with van der Waals surface area (Å²) in [4.78, 5) is 2.52. The predicted molar refractivity (Wildman–Crippen MR) is 69.4 cm³/mol. The van der Waals surface area contributed by atoms with E-state index < -0.39 is 0 Å². The fourth-order valence-electron chi connectivity index (χ4n) is 1.74. The number of rotatable bonds is 6. The monoisotopic (exact) mass is 258 g/mol. The van der Waals surface area contributed by atoms with Crippen molar-refractivity contribution >= 4 is 24.8 Å². The number of aliphatic hydroxyl groups is 1. The van der Waals surface area contributed by atoms with E-state index in [-0.39, 0.29) is 24.8 Å². The van der Waals surface area contributed by atoms with Crippen molar-refractivity contribution in [1.82, 2.24) is 10.2 Å². The highest BCUT2D eigenvalue weighted by molar-refractivity contribution is 5.85. The fourth-order valence-corrected chi connectivity index (χ4v) is 1.74. The standard InChI is InChI=1S/C10H22N2O.2ClH/c13-10-4-2-1-3-7-12-8-5-11-6-9-12;;/h11,13H,1-10H2;2*1H. The van der Waals surface area contributed by atoms with Gasteiger partial charge in [-0.1, -0.05) is 12.8 Å². The third kappa shape index (κ3) is 9.39. The van der Waals surface area contributed by atoms with Crippen LogP contribution in [0.15, 0.2) is 0 Å². The van der Waals surface area contributed by atoms with Crippen molar-refractivity contribution in [3.63, 3.8) is 0 Å². The van der Waals surface area contributed by atoms with Crippen LogP contribution >= 0.6 is 24.8 Å². The van der Waals surface area contributed by atoms with Gasteiger partial charge in [-0.3, -0.25) is 0 Å². The molecule has 0 saturated carbocycles. The minimum atomic E-state index is 0. The summed E-state index contributed by atoms with van der Waals surface area (Å²) in [5, 5.41) is 11.9. The lowest BCUT2D eigenvalue weighted by atomic mass is 10.2. The largest absolute Gasteiger partial charge is 0.396 e. The molecule has 2 N–H and O–H groups in total. The molecule has 1 aliphatic rings. The molecule has 1 rings (SSSR count). The molecule has 3 nitrogen and oxygen atoms in total. The summed E-state index contributed by atoms with van der Waals surface area (Å²) in [5.74, 6) is 0. The van der Waals surface area contributed by atoms with E-state index in [0.29, 0.717) is 6.61 Å². The quantitative estimate of drug-likeness (QED) is 0.705. The Kier molecular flexibility index (Phi) is 14.9. The highest BCUT2D eigenvalue weighted by atomic mass is 35.5. The van der Waals surface area contributed by atoms with Crippen LogP contribution in [0.2, 0.25) is 0 Å². The summed E-state index contributed by atoms with van der Waals surface area (Å²) in [6.07, 6.45) is 4.72. The molecule has 1 heterocycles. The van der Waals surface area contributed by atoms with Crippen molar-refractivity contribution in [3.8, 4) is 0 Å². The smallest absolute Gasteiger partial charge is 0.0431 e. The van der Waals surface area contributed by atoms with Gasteiger partial charge in [0.2, 0.25) is 0 Å². The number of unbranched alkanes of at least 4 members (excludes halogenated alkanes) is 3. The zero-order chi connectivity index (χ0) is 9.36. The van der Waals surface area contributed by atoms with Gasteiger partial charge < -0.3 is 15.3 Å². The zero-order valence-corrected chi connectivity index (χ0v) is 10.9. The van der Waals surface area contributed by atoms with Crippen molar-refractivity contribution in [2.24, 2.45) is 0 Å². The van der Waals surface area contributed by atoms with E-state index in [1.54, 1.807) is 0 Å². The summed E-state index contributed by atoms with van der Waals surface area (Å²) in [7, 11) is 0. The van der Waals surface area contributed by atoms with Crippen LogP contribution < -0.4 is 5.32 Å². The Labute approximate surface area is 105 Å². The van der Waals surface area contributed by atoms with Crippen molar-refractivity contribution in [1.29, 1.82) is 0 Å². The number of hydrogen-bond acceptors (Lipinski definition) is 3. The van der Waals surface area contributed by atoms with E-state index in [9.17, 15) is 0 Å². The summed E-state index contributed by atoms with van der Waals surface area (Å²) in [6.45, 7) is 6.31. The number of piperazine rings is 1. The minimum absolute atomic E-state index is 0. The van der Waals surface area contributed by atoms with Gasteiger partial charge in [-0.05, 0) is 19.4 Å². The maximum atomic E-state index is 8.60. The molecule has 0 spiro atoms. The summed E-state index contributed by atoms with van der Waals surface area (Å²) < 4.78 is 0. The van der Waals surface area contributed by atoms with Gasteiger partial charge >= 0.3 is 0 Å². The first-order valence-electron chi connectivity index (χ1n) is 5.47. The van der Waals surface area contributed by atoms with Crippen molar-refractivity contribution < 1.29 is 5.11 Å². The average Bonchev–Trinajstić information content (AvgIpc) is 2.19. The lowest BCUT2D eigenvalue weighted by molar-refractivity contribution is 0.233. The molecule has 1 saturated heterocycles. The van der Waals surface area contributed by atoms with Crippen LogP contribution in [0.4, 0.5) is 0 Å². The summed E-state index contributed by atoms with van der Waals surface area (Å²) in [5.41, 5.74) is 0.